The number of hydrogen-bond acceptors (Lipinski definition) is 2. The van der Waals surface area contributed by atoms with Gasteiger partial charge < -0.3 is 9.32 Å². The van der Waals surface area contributed by atoms with Crippen LogP contribution in [0.15, 0.2) is 65.1 Å². The lowest BCUT2D eigenvalue weighted by molar-refractivity contribution is 0.284. The van der Waals surface area contributed by atoms with Crippen molar-refractivity contribution in [3.63, 3.8) is 0 Å². The smallest absolute Gasteiger partial charge is 0.159 e. The average molecular weight is 382 g/mol. The lowest BCUT2D eigenvalue weighted by Gasteiger charge is -2.46. The predicted octanol–water partition coefficient (Wildman–Crippen LogP) is 7.64. The molecule has 0 bridgehead atoms. The minimum absolute atomic E-state index is 0.0896. The van der Waals surface area contributed by atoms with Crippen molar-refractivity contribution in [3.8, 4) is 0 Å². The van der Waals surface area contributed by atoms with E-state index >= 15 is 0 Å². The highest BCUT2D eigenvalue weighted by Crippen LogP contribution is 2.57. The maximum atomic E-state index is 6.52. The van der Waals surface area contributed by atoms with Crippen molar-refractivity contribution in [2.24, 2.45) is 0 Å². The number of benzene rings is 3. The molecule has 2 nitrogen and oxygen atoms in total. The van der Waals surface area contributed by atoms with Gasteiger partial charge in [0.1, 0.15) is 5.58 Å². The van der Waals surface area contributed by atoms with Gasteiger partial charge in [-0.3, -0.25) is 0 Å². The van der Waals surface area contributed by atoms with Crippen molar-refractivity contribution in [2.45, 2.75) is 57.5 Å². The zero-order chi connectivity index (χ0) is 19.6. The molecular formula is C27H27NO. The zero-order valence-corrected chi connectivity index (χ0v) is 17.2. The Bertz CT molecular complexity index is 1230. The van der Waals surface area contributed by atoms with E-state index in [4.69, 9.17) is 4.42 Å². The van der Waals surface area contributed by atoms with Crippen molar-refractivity contribution in [1.82, 2.24) is 0 Å². The first-order valence-electron chi connectivity index (χ1n) is 11.0. The number of para-hydroxylation sites is 1. The van der Waals surface area contributed by atoms with Crippen LogP contribution in [0.25, 0.3) is 21.9 Å². The maximum absolute atomic E-state index is 6.52. The molecule has 1 atom stereocenters. The second-order valence-corrected chi connectivity index (χ2v) is 8.93. The largest absolute Gasteiger partial charge is 0.454 e. The highest BCUT2D eigenvalue weighted by molar-refractivity contribution is 6.09. The van der Waals surface area contributed by atoms with Crippen LogP contribution >= 0.6 is 0 Å². The molecule has 1 fully saturated rings. The monoisotopic (exact) mass is 381 g/mol. The first-order valence-corrected chi connectivity index (χ1v) is 11.0. The van der Waals surface area contributed by atoms with Gasteiger partial charge >= 0.3 is 0 Å². The van der Waals surface area contributed by atoms with Gasteiger partial charge in [0.25, 0.3) is 0 Å². The molecule has 0 saturated heterocycles. The molecule has 29 heavy (non-hydrogen) atoms. The van der Waals surface area contributed by atoms with Crippen LogP contribution in [-0.2, 0) is 5.54 Å². The van der Waals surface area contributed by atoms with Gasteiger partial charge in [0.05, 0.1) is 17.3 Å². The van der Waals surface area contributed by atoms with Crippen LogP contribution in [0, 0.1) is 6.92 Å². The van der Waals surface area contributed by atoms with Gasteiger partial charge in [-0.1, -0.05) is 73.9 Å². The van der Waals surface area contributed by atoms with E-state index in [1.165, 1.54) is 59.7 Å². The fraction of sp³-hybridized carbons (Fsp3) is 0.333. The number of rotatable bonds is 1. The summed E-state index contributed by atoms with van der Waals surface area (Å²) in [5.41, 5.74) is 7.76. The third kappa shape index (κ3) is 2.23. The molecule has 1 spiro atoms. The van der Waals surface area contributed by atoms with E-state index in [1.807, 2.05) is 0 Å². The van der Waals surface area contributed by atoms with E-state index in [-0.39, 0.29) is 5.54 Å². The van der Waals surface area contributed by atoms with Crippen LogP contribution in [0.4, 0.5) is 5.69 Å². The minimum atomic E-state index is 0.0896. The molecule has 0 N–H and O–H groups in total. The van der Waals surface area contributed by atoms with Crippen LogP contribution in [0.5, 0.6) is 0 Å². The summed E-state index contributed by atoms with van der Waals surface area (Å²) >= 11 is 0. The molecule has 2 heteroatoms. The third-order valence-corrected chi connectivity index (χ3v) is 7.40. The lowest BCUT2D eigenvalue weighted by Crippen LogP contribution is -2.44. The highest BCUT2D eigenvalue weighted by atomic mass is 16.3. The Balaban J connectivity index is 1.67. The Kier molecular flexibility index (Phi) is 3.62. The van der Waals surface area contributed by atoms with Gasteiger partial charge in [0.15, 0.2) is 5.58 Å². The van der Waals surface area contributed by atoms with Crippen molar-refractivity contribution in [3.05, 3.63) is 77.4 Å². The van der Waals surface area contributed by atoms with Crippen LogP contribution in [0.2, 0.25) is 0 Å². The molecular weight excluding hydrogens is 354 g/mol. The van der Waals surface area contributed by atoms with Crippen molar-refractivity contribution in [1.29, 1.82) is 0 Å². The third-order valence-electron chi connectivity index (χ3n) is 7.40. The van der Waals surface area contributed by atoms with Gasteiger partial charge in [-0.2, -0.15) is 0 Å². The van der Waals surface area contributed by atoms with E-state index in [0.29, 0.717) is 6.04 Å². The molecule has 2 aliphatic rings. The van der Waals surface area contributed by atoms with Gasteiger partial charge in [-0.05, 0) is 49.4 Å². The molecule has 6 rings (SSSR count). The minimum Gasteiger partial charge on any atom is -0.454 e. The average Bonchev–Trinajstić information content (AvgIpc) is 3.24. The van der Waals surface area contributed by atoms with Gasteiger partial charge in [-0.25, -0.2) is 0 Å². The normalized spacial score (nSPS) is 20.6. The van der Waals surface area contributed by atoms with E-state index in [2.05, 4.69) is 79.4 Å². The maximum Gasteiger partial charge on any atom is 0.159 e. The van der Waals surface area contributed by atoms with Crippen molar-refractivity contribution < 1.29 is 4.42 Å². The Hall–Kier alpha value is -2.74. The second-order valence-electron chi connectivity index (χ2n) is 8.93. The summed E-state index contributed by atoms with van der Waals surface area (Å²) in [4.78, 5) is 2.73. The second kappa shape index (κ2) is 6.13. The van der Waals surface area contributed by atoms with E-state index in [1.54, 1.807) is 5.56 Å². The van der Waals surface area contributed by atoms with Crippen LogP contribution in [-0.4, -0.2) is 0 Å². The number of fused-ring (bicyclic) bond motifs is 5. The summed E-state index contributed by atoms with van der Waals surface area (Å²) in [6, 6.07) is 22.4. The summed E-state index contributed by atoms with van der Waals surface area (Å²) in [6.45, 7) is 4.62. The molecule has 4 aromatic rings. The SMILES string of the molecule is Cc1ccc2c(oc3ccccc32)c1N1C(C)c2ccccc2C12CCCCC2. The van der Waals surface area contributed by atoms with Gasteiger partial charge in [0, 0.05) is 10.8 Å². The van der Waals surface area contributed by atoms with Crippen LogP contribution in [0.3, 0.4) is 0 Å². The fourth-order valence-corrected chi connectivity index (χ4v) is 6.15. The highest BCUT2D eigenvalue weighted by Gasteiger charge is 2.50. The molecule has 0 radical (unpaired) electrons. The number of aryl methyl sites for hydroxylation is 1. The van der Waals surface area contributed by atoms with Crippen molar-refractivity contribution >= 4 is 27.6 Å². The van der Waals surface area contributed by atoms with Crippen molar-refractivity contribution in [2.75, 3.05) is 4.90 Å². The fourth-order valence-electron chi connectivity index (χ4n) is 6.15. The lowest BCUT2D eigenvalue weighted by atomic mass is 9.76. The molecule has 3 aromatic carbocycles. The van der Waals surface area contributed by atoms with E-state index < -0.39 is 0 Å². The number of anilines is 1. The topological polar surface area (TPSA) is 16.4 Å². The Morgan fingerprint density at radius 3 is 2.48 bits per heavy atom. The van der Waals surface area contributed by atoms with Crippen LogP contribution in [0.1, 0.15) is 61.8 Å². The Morgan fingerprint density at radius 1 is 0.862 bits per heavy atom. The number of nitrogens with zero attached hydrogens (tertiary/aromatic N) is 1. The van der Waals surface area contributed by atoms with E-state index in [9.17, 15) is 0 Å². The first-order chi connectivity index (χ1) is 14.2. The predicted molar refractivity (Wildman–Crippen MR) is 121 cm³/mol. The number of furan rings is 1. The zero-order valence-electron chi connectivity index (χ0n) is 17.2. The molecule has 146 valence electrons. The molecule has 1 aromatic heterocycles. The van der Waals surface area contributed by atoms with Gasteiger partial charge in [-0.15, -0.1) is 0 Å². The summed E-state index contributed by atoms with van der Waals surface area (Å²) in [7, 11) is 0. The molecule has 1 aliphatic carbocycles. The quantitative estimate of drug-likeness (QED) is 0.337. The van der Waals surface area contributed by atoms with Crippen LogP contribution < -0.4 is 4.90 Å². The summed E-state index contributed by atoms with van der Waals surface area (Å²) < 4.78 is 6.52. The summed E-state index contributed by atoms with van der Waals surface area (Å²) in [5, 5.41) is 2.45. The molecule has 1 aliphatic heterocycles. The molecule has 0 amide bonds. The molecule has 2 heterocycles. The summed E-state index contributed by atoms with van der Waals surface area (Å²) in [6.07, 6.45) is 6.40. The van der Waals surface area contributed by atoms with E-state index in [0.717, 1.165) is 11.2 Å². The van der Waals surface area contributed by atoms with Gasteiger partial charge in [0.2, 0.25) is 0 Å². The standard InChI is InChI=1S/C27H27NO/c1-18-14-15-22-21-11-5-7-13-24(21)29-26(22)25(18)28-19(2)20-10-4-6-12-23(20)27(28)16-8-3-9-17-27/h4-7,10-15,19H,3,8-9,16-17H2,1-2H3. The summed E-state index contributed by atoms with van der Waals surface area (Å²) in [5.74, 6) is 0. The number of hydrogen-bond donors (Lipinski definition) is 0. The Morgan fingerprint density at radius 2 is 1.62 bits per heavy atom. The molecule has 1 saturated carbocycles. The molecule has 1 unspecified atom stereocenters. The first kappa shape index (κ1) is 17.1. The Labute approximate surface area is 172 Å².